The molecule has 1 heterocycles. The van der Waals surface area contributed by atoms with Crippen LogP contribution in [0.25, 0.3) is 0 Å². The number of halogens is 4. The molecule has 18 heavy (non-hydrogen) atoms. The van der Waals surface area contributed by atoms with Gasteiger partial charge in [-0.2, -0.15) is 18.3 Å². The Morgan fingerprint density at radius 1 is 1.39 bits per heavy atom. The third-order valence-electron chi connectivity index (χ3n) is 2.43. The van der Waals surface area contributed by atoms with Crippen LogP contribution in [0.15, 0.2) is 0 Å². The first-order valence-corrected chi connectivity index (χ1v) is 7.29. The van der Waals surface area contributed by atoms with E-state index in [4.69, 9.17) is 11.6 Å². The van der Waals surface area contributed by atoms with E-state index in [0.717, 1.165) is 4.68 Å². The molecule has 0 atom stereocenters. The molecule has 0 saturated heterocycles. The maximum Gasteiger partial charge on any atom is 0.435 e. The van der Waals surface area contributed by atoms with Gasteiger partial charge < -0.3 is 0 Å². The molecule has 1 rings (SSSR count). The molecule has 0 aliphatic carbocycles. The fraction of sp³-hybridized carbons (Fsp3) is 0.667. The summed E-state index contributed by atoms with van der Waals surface area (Å²) in [5.41, 5.74) is -1.28. The van der Waals surface area contributed by atoms with Crippen LogP contribution < -0.4 is 0 Å². The van der Waals surface area contributed by atoms with Crippen LogP contribution in [-0.2, 0) is 22.6 Å². The molecule has 0 unspecified atom stereocenters. The van der Waals surface area contributed by atoms with Gasteiger partial charge in [0, 0.05) is 11.3 Å². The molecule has 0 aliphatic rings. The van der Waals surface area contributed by atoms with E-state index in [2.05, 4.69) is 5.10 Å². The highest BCUT2D eigenvalue weighted by Crippen LogP contribution is 2.33. The largest absolute Gasteiger partial charge is 0.435 e. The van der Waals surface area contributed by atoms with Crippen LogP contribution in [0.2, 0.25) is 5.15 Å². The molecule has 104 valence electrons. The molecule has 4 nitrogen and oxygen atoms in total. The van der Waals surface area contributed by atoms with Crippen molar-refractivity contribution in [1.82, 2.24) is 9.78 Å². The lowest BCUT2D eigenvalue weighted by molar-refractivity contribution is -0.141. The highest BCUT2D eigenvalue weighted by Gasteiger charge is 2.37. The van der Waals surface area contributed by atoms with Crippen LogP contribution in [0, 0.1) is 6.92 Å². The zero-order valence-corrected chi connectivity index (χ0v) is 11.3. The molecule has 9 heteroatoms. The van der Waals surface area contributed by atoms with Crippen molar-refractivity contribution in [2.24, 2.45) is 0 Å². The lowest BCUT2D eigenvalue weighted by Gasteiger charge is -2.03. The lowest BCUT2D eigenvalue weighted by atomic mass is 10.3. The SMILES string of the molecule is CCS(=O)(=O)CCn1nc(C(F)(F)F)c(C)c1Cl. The maximum atomic E-state index is 12.5. The first-order valence-electron chi connectivity index (χ1n) is 5.09. The molecule has 0 aromatic carbocycles. The van der Waals surface area contributed by atoms with Gasteiger partial charge in [-0.15, -0.1) is 0 Å². The summed E-state index contributed by atoms with van der Waals surface area (Å²) in [6, 6.07) is 0. The van der Waals surface area contributed by atoms with Crippen molar-refractivity contribution in [1.29, 1.82) is 0 Å². The third-order valence-corrected chi connectivity index (χ3v) is 4.60. The second-order valence-corrected chi connectivity index (χ2v) is 6.55. The van der Waals surface area contributed by atoms with Crippen molar-refractivity contribution in [3.63, 3.8) is 0 Å². The summed E-state index contributed by atoms with van der Waals surface area (Å²) < 4.78 is 61.0. The molecule has 0 N–H and O–H groups in total. The summed E-state index contributed by atoms with van der Waals surface area (Å²) in [4.78, 5) is 0. The van der Waals surface area contributed by atoms with Crippen molar-refractivity contribution in [3.05, 3.63) is 16.4 Å². The first kappa shape index (κ1) is 15.3. The van der Waals surface area contributed by atoms with E-state index in [-0.39, 0.29) is 28.8 Å². The molecular weight excluding hydrogens is 293 g/mol. The number of alkyl halides is 3. The van der Waals surface area contributed by atoms with Crippen LogP contribution in [0.5, 0.6) is 0 Å². The maximum absolute atomic E-state index is 12.5. The minimum atomic E-state index is -4.59. The van der Waals surface area contributed by atoms with Gasteiger partial charge in [-0.1, -0.05) is 18.5 Å². The topological polar surface area (TPSA) is 52.0 Å². The van der Waals surface area contributed by atoms with Crippen molar-refractivity contribution in [2.45, 2.75) is 26.6 Å². The van der Waals surface area contributed by atoms with Crippen molar-refractivity contribution >= 4 is 21.4 Å². The number of sulfone groups is 1. The van der Waals surface area contributed by atoms with Crippen LogP contribution in [0.3, 0.4) is 0 Å². The molecule has 0 spiro atoms. The Hall–Kier alpha value is -0.760. The highest BCUT2D eigenvalue weighted by atomic mass is 35.5. The van der Waals surface area contributed by atoms with Crippen molar-refractivity contribution < 1.29 is 21.6 Å². The second-order valence-electron chi connectivity index (χ2n) is 3.72. The fourth-order valence-corrected chi connectivity index (χ4v) is 2.27. The van der Waals surface area contributed by atoms with Crippen molar-refractivity contribution in [3.8, 4) is 0 Å². The Morgan fingerprint density at radius 2 is 1.94 bits per heavy atom. The summed E-state index contributed by atoms with van der Waals surface area (Å²) in [5, 5.41) is 3.13. The zero-order valence-electron chi connectivity index (χ0n) is 9.75. The number of aromatic nitrogens is 2. The van der Waals surface area contributed by atoms with Gasteiger partial charge in [-0.05, 0) is 6.92 Å². The fourth-order valence-electron chi connectivity index (χ4n) is 1.32. The summed E-state index contributed by atoms with van der Waals surface area (Å²) >= 11 is 5.70. The summed E-state index contributed by atoms with van der Waals surface area (Å²) in [6.07, 6.45) is -4.59. The van der Waals surface area contributed by atoms with E-state index in [1.54, 1.807) is 0 Å². The van der Waals surface area contributed by atoms with Gasteiger partial charge in [0.2, 0.25) is 0 Å². The average Bonchev–Trinajstić information content (AvgIpc) is 2.53. The lowest BCUT2D eigenvalue weighted by Crippen LogP contribution is -2.16. The minimum Gasteiger partial charge on any atom is -0.252 e. The van der Waals surface area contributed by atoms with Gasteiger partial charge in [0.1, 0.15) is 5.15 Å². The highest BCUT2D eigenvalue weighted by molar-refractivity contribution is 7.91. The minimum absolute atomic E-state index is 0.0724. The van der Waals surface area contributed by atoms with Gasteiger partial charge in [0.15, 0.2) is 15.5 Å². The number of nitrogens with zero attached hydrogens (tertiary/aromatic N) is 2. The first-order chi connectivity index (χ1) is 8.08. The zero-order chi connectivity index (χ0) is 14.1. The number of rotatable bonds is 4. The molecule has 1 aromatic heterocycles. The Balaban J connectivity index is 3.00. The number of aryl methyl sites for hydroxylation is 1. The quantitative estimate of drug-likeness (QED) is 0.857. The number of hydrogen-bond donors (Lipinski definition) is 0. The average molecular weight is 305 g/mol. The van der Waals surface area contributed by atoms with Crippen LogP contribution >= 0.6 is 11.6 Å². The molecule has 1 aromatic rings. The summed E-state index contributed by atoms with van der Waals surface area (Å²) in [7, 11) is -3.27. The van der Waals surface area contributed by atoms with Gasteiger partial charge in [0.05, 0.1) is 12.3 Å². The predicted molar refractivity (Wildman–Crippen MR) is 61.3 cm³/mol. The van der Waals surface area contributed by atoms with E-state index < -0.39 is 21.7 Å². The van der Waals surface area contributed by atoms with E-state index in [0.29, 0.717) is 0 Å². The van der Waals surface area contributed by atoms with Gasteiger partial charge in [0.25, 0.3) is 0 Å². The predicted octanol–water partition coefficient (Wildman–Crippen LogP) is 2.30. The molecule has 0 aliphatic heterocycles. The standard InChI is InChI=1S/C9H12ClF3N2O2S/c1-3-18(16,17)5-4-15-8(10)6(2)7(14-15)9(11,12)13/h3-5H2,1-2H3. The van der Waals surface area contributed by atoms with Gasteiger partial charge in [-0.25, -0.2) is 8.42 Å². The van der Waals surface area contributed by atoms with E-state index in [9.17, 15) is 21.6 Å². The Bertz CT molecular complexity index is 537. The molecule has 0 radical (unpaired) electrons. The smallest absolute Gasteiger partial charge is 0.252 e. The molecular formula is C9H12ClF3N2O2S. The van der Waals surface area contributed by atoms with Gasteiger partial charge >= 0.3 is 6.18 Å². The van der Waals surface area contributed by atoms with Crippen LogP contribution in [-0.4, -0.2) is 29.7 Å². The number of hydrogen-bond acceptors (Lipinski definition) is 3. The monoisotopic (exact) mass is 304 g/mol. The van der Waals surface area contributed by atoms with E-state index in [1.807, 2.05) is 0 Å². The van der Waals surface area contributed by atoms with Gasteiger partial charge in [-0.3, -0.25) is 4.68 Å². The molecule has 0 amide bonds. The second kappa shape index (κ2) is 5.08. The summed E-state index contributed by atoms with van der Waals surface area (Å²) in [6.45, 7) is 2.47. The van der Waals surface area contributed by atoms with E-state index >= 15 is 0 Å². The normalized spacial score (nSPS) is 13.0. The third kappa shape index (κ3) is 3.38. The van der Waals surface area contributed by atoms with Crippen LogP contribution in [0.1, 0.15) is 18.2 Å². The Morgan fingerprint density at radius 3 is 2.33 bits per heavy atom. The van der Waals surface area contributed by atoms with Crippen molar-refractivity contribution in [2.75, 3.05) is 11.5 Å². The summed E-state index contributed by atoms with van der Waals surface area (Å²) in [5.74, 6) is -0.362. The molecule has 0 saturated carbocycles. The van der Waals surface area contributed by atoms with E-state index in [1.165, 1.54) is 13.8 Å². The van der Waals surface area contributed by atoms with Crippen LogP contribution in [0.4, 0.5) is 13.2 Å². The Kier molecular flexibility index (Phi) is 4.32. The molecule has 0 bridgehead atoms. The Labute approximate surface area is 108 Å². The molecule has 0 fully saturated rings.